The molecule has 0 aromatic heterocycles. The third kappa shape index (κ3) is 5.04. The highest BCUT2D eigenvalue weighted by atomic mass is 32.2. The summed E-state index contributed by atoms with van der Waals surface area (Å²) < 4.78 is 11.5. The first-order valence-electron chi connectivity index (χ1n) is 6.25. The highest BCUT2D eigenvalue weighted by Gasteiger charge is 2.41. The van der Waals surface area contributed by atoms with Crippen molar-refractivity contribution in [2.45, 2.75) is 44.1 Å². The van der Waals surface area contributed by atoms with Crippen molar-refractivity contribution < 1.29 is 9.47 Å². The summed E-state index contributed by atoms with van der Waals surface area (Å²) in [6, 6.07) is 0. The number of nitrogens with one attached hydrogen (secondary N) is 1. The highest BCUT2D eigenvalue weighted by Crippen LogP contribution is 2.46. The standard InChI is InChI=1S/C12H25NO2S/c1-4-14-11(15-5-2)6-9-13-10-12(16-3)7-8-12/h11,13H,4-10H2,1-3H3. The van der Waals surface area contributed by atoms with Crippen LogP contribution in [0.3, 0.4) is 0 Å². The van der Waals surface area contributed by atoms with Crippen LogP contribution in [0.15, 0.2) is 0 Å². The molecule has 0 spiro atoms. The molecular weight excluding hydrogens is 222 g/mol. The van der Waals surface area contributed by atoms with Gasteiger partial charge in [0, 0.05) is 37.5 Å². The Hall–Kier alpha value is 0.230. The zero-order valence-electron chi connectivity index (χ0n) is 10.8. The normalized spacial score (nSPS) is 18.0. The summed E-state index contributed by atoms with van der Waals surface area (Å²) in [5.41, 5.74) is 0. The first-order chi connectivity index (χ1) is 7.76. The number of ether oxygens (including phenoxy) is 2. The van der Waals surface area contributed by atoms with Crippen molar-refractivity contribution in [2.75, 3.05) is 32.6 Å². The van der Waals surface area contributed by atoms with Crippen LogP contribution in [0.5, 0.6) is 0 Å². The van der Waals surface area contributed by atoms with Gasteiger partial charge in [-0.05, 0) is 32.9 Å². The van der Waals surface area contributed by atoms with Crippen LogP contribution in [0.2, 0.25) is 0 Å². The third-order valence-corrected chi connectivity index (χ3v) is 4.37. The van der Waals surface area contributed by atoms with Crippen molar-refractivity contribution in [3.05, 3.63) is 0 Å². The fourth-order valence-corrected chi connectivity index (χ4v) is 2.47. The van der Waals surface area contributed by atoms with Gasteiger partial charge in [-0.2, -0.15) is 11.8 Å². The minimum atomic E-state index is -0.0352. The summed E-state index contributed by atoms with van der Waals surface area (Å²) in [5, 5.41) is 3.51. The van der Waals surface area contributed by atoms with E-state index in [0.717, 1.165) is 32.7 Å². The lowest BCUT2D eigenvalue weighted by Gasteiger charge is -2.18. The van der Waals surface area contributed by atoms with E-state index in [0.29, 0.717) is 4.75 Å². The second kappa shape index (κ2) is 7.54. The van der Waals surface area contributed by atoms with Gasteiger partial charge in [0.25, 0.3) is 0 Å². The van der Waals surface area contributed by atoms with Crippen molar-refractivity contribution in [3.8, 4) is 0 Å². The van der Waals surface area contributed by atoms with Gasteiger partial charge in [-0.3, -0.25) is 0 Å². The van der Waals surface area contributed by atoms with Crippen LogP contribution >= 0.6 is 11.8 Å². The predicted octanol–water partition coefficient (Wildman–Crippen LogP) is 2.26. The molecule has 3 nitrogen and oxygen atoms in total. The molecule has 0 saturated heterocycles. The second-order valence-electron chi connectivity index (χ2n) is 4.19. The van der Waals surface area contributed by atoms with E-state index in [4.69, 9.17) is 9.47 Å². The topological polar surface area (TPSA) is 30.5 Å². The van der Waals surface area contributed by atoms with Gasteiger partial charge in [0.15, 0.2) is 6.29 Å². The largest absolute Gasteiger partial charge is 0.353 e. The Labute approximate surface area is 104 Å². The molecule has 1 saturated carbocycles. The van der Waals surface area contributed by atoms with E-state index in [2.05, 4.69) is 11.6 Å². The van der Waals surface area contributed by atoms with Gasteiger partial charge >= 0.3 is 0 Å². The lowest BCUT2D eigenvalue weighted by Crippen LogP contribution is -2.30. The lowest BCUT2D eigenvalue weighted by atomic mass is 10.3. The molecule has 1 aliphatic carbocycles. The summed E-state index contributed by atoms with van der Waals surface area (Å²) >= 11 is 1.99. The van der Waals surface area contributed by atoms with Crippen LogP contribution in [0, 0.1) is 0 Å². The summed E-state index contributed by atoms with van der Waals surface area (Å²) in [5.74, 6) is 0. The van der Waals surface area contributed by atoms with E-state index in [1.165, 1.54) is 12.8 Å². The summed E-state index contributed by atoms with van der Waals surface area (Å²) in [6.07, 6.45) is 5.83. The molecule has 0 atom stereocenters. The van der Waals surface area contributed by atoms with Gasteiger partial charge in [-0.1, -0.05) is 0 Å². The Morgan fingerprint density at radius 2 is 1.88 bits per heavy atom. The molecule has 16 heavy (non-hydrogen) atoms. The van der Waals surface area contributed by atoms with Crippen LogP contribution in [0.25, 0.3) is 0 Å². The molecule has 1 rings (SSSR count). The maximum absolute atomic E-state index is 5.49. The predicted molar refractivity (Wildman–Crippen MR) is 70.0 cm³/mol. The maximum atomic E-state index is 5.49. The van der Waals surface area contributed by atoms with Gasteiger partial charge in [0.2, 0.25) is 0 Å². The molecule has 0 aromatic carbocycles. The van der Waals surface area contributed by atoms with Crippen molar-refractivity contribution in [3.63, 3.8) is 0 Å². The Bertz CT molecular complexity index is 180. The molecular formula is C12H25NO2S. The van der Waals surface area contributed by atoms with E-state index in [1.54, 1.807) is 0 Å². The second-order valence-corrected chi connectivity index (χ2v) is 5.47. The molecule has 0 radical (unpaired) electrons. The molecule has 0 aliphatic heterocycles. The van der Waals surface area contributed by atoms with Gasteiger partial charge < -0.3 is 14.8 Å². The molecule has 0 aromatic rings. The fourth-order valence-electron chi connectivity index (χ4n) is 1.72. The Morgan fingerprint density at radius 1 is 1.25 bits per heavy atom. The van der Waals surface area contributed by atoms with Crippen molar-refractivity contribution >= 4 is 11.8 Å². The Morgan fingerprint density at radius 3 is 2.31 bits per heavy atom. The molecule has 1 N–H and O–H groups in total. The van der Waals surface area contributed by atoms with Crippen LogP contribution in [0.1, 0.15) is 33.1 Å². The quantitative estimate of drug-likeness (QED) is 0.474. The van der Waals surface area contributed by atoms with Crippen molar-refractivity contribution in [1.82, 2.24) is 5.32 Å². The lowest BCUT2D eigenvalue weighted by molar-refractivity contribution is -0.138. The zero-order valence-corrected chi connectivity index (χ0v) is 11.6. The molecule has 1 aliphatic rings. The first-order valence-corrected chi connectivity index (χ1v) is 7.48. The maximum Gasteiger partial charge on any atom is 0.158 e. The number of hydrogen-bond acceptors (Lipinski definition) is 4. The van der Waals surface area contributed by atoms with E-state index in [9.17, 15) is 0 Å². The van der Waals surface area contributed by atoms with Gasteiger partial charge in [0.05, 0.1) is 0 Å². The molecule has 0 amide bonds. The van der Waals surface area contributed by atoms with Gasteiger partial charge in [-0.15, -0.1) is 0 Å². The number of hydrogen-bond donors (Lipinski definition) is 1. The summed E-state index contributed by atoms with van der Waals surface area (Å²) in [7, 11) is 0. The van der Waals surface area contributed by atoms with Crippen LogP contribution < -0.4 is 5.32 Å². The van der Waals surface area contributed by atoms with E-state index < -0.39 is 0 Å². The minimum absolute atomic E-state index is 0.0352. The van der Waals surface area contributed by atoms with Crippen LogP contribution in [-0.2, 0) is 9.47 Å². The van der Waals surface area contributed by atoms with Gasteiger partial charge in [0.1, 0.15) is 0 Å². The monoisotopic (exact) mass is 247 g/mol. The number of thioether (sulfide) groups is 1. The fraction of sp³-hybridized carbons (Fsp3) is 1.00. The third-order valence-electron chi connectivity index (χ3n) is 2.95. The van der Waals surface area contributed by atoms with Crippen molar-refractivity contribution in [1.29, 1.82) is 0 Å². The van der Waals surface area contributed by atoms with Crippen LogP contribution in [-0.4, -0.2) is 43.6 Å². The van der Waals surface area contributed by atoms with E-state index >= 15 is 0 Å². The number of rotatable bonds is 10. The highest BCUT2D eigenvalue weighted by molar-refractivity contribution is 8.00. The Balaban J connectivity index is 2.03. The molecule has 0 bridgehead atoms. The summed E-state index contributed by atoms with van der Waals surface area (Å²) in [4.78, 5) is 0. The molecule has 1 fully saturated rings. The van der Waals surface area contributed by atoms with Crippen LogP contribution in [0.4, 0.5) is 0 Å². The van der Waals surface area contributed by atoms with E-state index in [1.807, 2.05) is 25.6 Å². The molecule has 0 unspecified atom stereocenters. The molecule has 4 heteroatoms. The first kappa shape index (κ1) is 14.3. The average Bonchev–Trinajstić information content (AvgIpc) is 3.06. The SMILES string of the molecule is CCOC(CCNCC1(SC)CC1)OCC. The van der Waals surface area contributed by atoms with Crippen molar-refractivity contribution in [2.24, 2.45) is 0 Å². The Kier molecular flexibility index (Phi) is 6.73. The molecule has 0 heterocycles. The molecule has 96 valence electrons. The average molecular weight is 247 g/mol. The van der Waals surface area contributed by atoms with E-state index in [-0.39, 0.29) is 6.29 Å². The summed E-state index contributed by atoms with van der Waals surface area (Å²) in [6.45, 7) is 7.56. The zero-order chi connectivity index (χ0) is 11.9. The minimum Gasteiger partial charge on any atom is -0.353 e. The smallest absolute Gasteiger partial charge is 0.158 e. The van der Waals surface area contributed by atoms with Gasteiger partial charge in [-0.25, -0.2) is 0 Å².